The van der Waals surface area contributed by atoms with Gasteiger partial charge in [0.15, 0.2) is 0 Å². The molecule has 1 aliphatic heterocycles. The minimum absolute atomic E-state index is 0.0932. The maximum absolute atomic E-state index is 11.9. The molecule has 0 aromatic rings. The largest absolute Gasteiger partial charge is 0.480 e. The molecule has 0 radical (unpaired) electrons. The molecule has 2 amide bonds. The number of urea groups is 1. The minimum atomic E-state index is -1.19. The molecular formula is C13H24N2O4. The maximum Gasteiger partial charge on any atom is 0.329 e. The number of rotatable bonds is 6. The molecule has 19 heavy (non-hydrogen) atoms. The average molecular weight is 272 g/mol. The quantitative estimate of drug-likeness (QED) is 0.683. The number of hydrogen-bond donors (Lipinski definition) is 3. The van der Waals surface area contributed by atoms with Gasteiger partial charge in [-0.3, -0.25) is 0 Å². The van der Waals surface area contributed by atoms with E-state index in [0.717, 1.165) is 19.3 Å². The third kappa shape index (κ3) is 4.38. The van der Waals surface area contributed by atoms with Gasteiger partial charge in [0.2, 0.25) is 0 Å². The molecule has 0 aromatic carbocycles. The lowest BCUT2D eigenvalue weighted by molar-refractivity contribution is -0.148. The summed E-state index contributed by atoms with van der Waals surface area (Å²) in [5.74, 6) is -0.991. The summed E-state index contributed by atoms with van der Waals surface area (Å²) in [6, 6.07) is -0.305. The first-order chi connectivity index (χ1) is 9.04. The SMILES string of the molecule is CCCC(CC)NC(=O)NC1(C(=O)O)CCOCC1. The van der Waals surface area contributed by atoms with Crippen molar-refractivity contribution in [1.82, 2.24) is 10.6 Å². The lowest BCUT2D eigenvalue weighted by Gasteiger charge is -2.34. The molecule has 110 valence electrons. The van der Waals surface area contributed by atoms with Gasteiger partial charge in [-0.25, -0.2) is 9.59 Å². The zero-order chi connectivity index (χ0) is 14.3. The molecular weight excluding hydrogens is 248 g/mol. The van der Waals surface area contributed by atoms with E-state index in [0.29, 0.717) is 26.1 Å². The van der Waals surface area contributed by atoms with Crippen molar-refractivity contribution >= 4 is 12.0 Å². The van der Waals surface area contributed by atoms with Crippen LogP contribution in [0.5, 0.6) is 0 Å². The molecule has 1 saturated heterocycles. The molecule has 1 atom stereocenters. The Morgan fingerprint density at radius 1 is 1.32 bits per heavy atom. The number of carboxylic acids is 1. The molecule has 0 spiro atoms. The average Bonchev–Trinajstić information content (AvgIpc) is 2.39. The second kappa shape index (κ2) is 7.33. The van der Waals surface area contributed by atoms with Gasteiger partial charge in [-0.1, -0.05) is 20.3 Å². The van der Waals surface area contributed by atoms with Crippen molar-refractivity contribution in [3.8, 4) is 0 Å². The summed E-state index contributed by atoms with van der Waals surface area (Å²) in [4.78, 5) is 23.3. The summed E-state index contributed by atoms with van der Waals surface area (Å²) in [7, 11) is 0. The number of carbonyl (C=O) groups is 2. The van der Waals surface area contributed by atoms with E-state index in [2.05, 4.69) is 17.6 Å². The number of hydrogen-bond acceptors (Lipinski definition) is 3. The Bertz CT molecular complexity index is 314. The number of ether oxygens (including phenoxy) is 1. The zero-order valence-electron chi connectivity index (χ0n) is 11.7. The first kappa shape index (κ1) is 15.8. The molecule has 1 unspecified atom stereocenters. The molecule has 6 heteroatoms. The van der Waals surface area contributed by atoms with E-state index in [9.17, 15) is 14.7 Å². The Kier molecular flexibility index (Phi) is 6.08. The van der Waals surface area contributed by atoms with Crippen molar-refractivity contribution < 1.29 is 19.4 Å². The van der Waals surface area contributed by atoms with Crippen molar-refractivity contribution in [1.29, 1.82) is 0 Å². The fourth-order valence-corrected chi connectivity index (χ4v) is 2.28. The van der Waals surface area contributed by atoms with Crippen LogP contribution in [-0.2, 0) is 9.53 Å². The van der Waals surface area contributed by atoms with E-state index in [4.69, 9.17) is 4.74 Å². The number of amides is 2. The first-order valence-corrected chi connectivity index (χ1v) is 6.94. The second-order valence-corrected chi connectivity index (χ2v) is 4.99. The van der Waals surface area contributed by atoms with E-state index in [1.807, 2.05) is 6.92 Å². The summed E-state index contributed by atoms with van der Waals surface area (Å²) in [6.07, 6.45) is 3.33. The number of carboxylic acid groups (broad SMARTS) is 1. The summed E-state index contributed by atoms with van der Waals surface area (Å²) >= 11 is 0. The Labute approximate surface area is 113 Å². The highest BCUT2D eigenvalue weighted by Crippen LogP contribution is 2.21. The van der Waals surface area contributed by atoms with E-state index in [1.54, 1.807) is 0 Å². The predicted octanol–water partition coefficient (Wildman–Crippen LogP) is 1.50. The van der Waals surface area contributed by atoms with Crippen LogP contribution >= 0.6 is 0 Å². The monoisotopic (exact) mass is 272 g/mol. The van der Waals surface area contributed by atoms with Crippen LogP contribution in [0.15, 0.2) is 0 Å². The summed E-state index contributed by atoms with van der Waals surface area (Å²) in [5.41, 5.74) is -1.19. The van der Waals surface area contributed by atoms with Crippen LogP contribution in [0.2, 0.25) is 0 Å². The van der Waals surface area contributed by atoms with Gasteiger partial charge < -0.3 is 20.5 Å². The van der Waals surface area contributed by atoms with Crippen LogP contribution in [0.4, 0.5) is 4.79 Å². The van der Waals surface area contributed by atoms with Gasteiger partial charge >= 0.3 is 12.0 Å². The third-order valence-corrected chi connectivity index (χ3v) is 3.57. The zero-order valence-corrected chi connectivity index (χ0v) is 11.7. The fourth-order valence-electron chi connectivity index (χ4n) is 2.28. The van der Waals surface area contributed by atoms with Gasteiger partial charge in [0.05, 0.1) is 0 Å². The number of aliphatic carboxylic acids is 1. The highest BCUT2D eigenvalue weighted by Gasteiger charge is 2.41. The molecule has 3 N–H and O–H groups in total. The highest BCUT2D eigenvalue weighted by atomic mass is 16.5. The topological polar surface area (TPSA) is 87.7 Å². The van der Waals surface area contributed by atoms with Crippen LogP contribution in [0.3, 0.4) is 0 Å². The van der Waals surface area contributed by atoms with Crippen LogP contribution in [-0.4, -0.2) is 41.9 Å². The van der Waals surface area contributed by atoms with Crippen molar-refractivity contribution in [3.05, 3.63) is 0 Å². The van der Waals surface area contributed by atoms with Crippen LogP contribution < -0.4 is 10.6 Å². The van der Waals surface area contributed by atoms with Gasteiger partial charge in [-0.05, 0) is 12.8 Å². The van der Waals surface area contributed by atoms with E-state index in [-0.39, 0.29) is 6.04 Å². The molecule has 0 bridgehead atoms. The summed E-state index contributed by atoms with van der Waals surface area (Å²) < 4.78 is 5.16. The lowest BCUT2D eigenvalue weighted by Crippen LogP contribution is -2.60. The standard InChI is InChI=1S/C13H24N2O4/c1-3-5-10(4-2)14-12(18)15-13(11(16)17)6-8-19-9-7-13/h10H,3-9H2,1-2H3,(H,16,17)(H2,14,15,18). The van der Waals surface area contributed by atoms with Crippen molar-refractivity contribution in [2.75, 3.05) is 13.2 Å². The molecule has 1 rings (SSSR count). The van der Waals surface area contributed by atoms with Crippen molar-refractivity contribution in [3.63, 3.8) is 0 Å². The molecule has 6 nitrogen and oxygen atoms in total. The maximum atomic E-state index is 11.9. The molecule has 0 aromatic heterocycles. The van der Waals surface area contributed by atoms with Crippen LogP contribution in [0, 0.1) is 0 Å². The smallest absolute Gasteiger partial charge is 0.329 e. The van der Waals surface area contributed by atoms with Gasteiger partial charge in [0.1, 0.15) is 5.54 Å². The van der Waals surface area contributed by atoms with Gasteiger partial charge in [-0.15, -0.1) is 0 Å². The van der Waals surface area contributed by atoms with Gasteiger partial charge in [0, 0.05) is 32.1 Å². The molecule has 0 aliphatic carbocycles. The van der Waals surface area contributed by atoms with E-state index >= 15 is 0 Å². The summed E-state index contributed by atoms with van der Waals surface area (Å²) in [6.45, 7) is 4.78. The van der Waals surface area contributed by atoms with Crippen LogP contribution in [0.1, 0.15) is 46.0 Å². The van der Waals surface area contributed by atoms with Gasteiger partial charge in [-0.2, -0.15) is 0 Å². The summed E-state index contributed by atoms with van der Waals surface area (Å²) in [5, 5.41) is 14.8. The third-order valence-electron chi connectivity index (χ3n) is 3.57. The highest BCUT2D eigenvalue weighted by molar-refractivity contribution is 5.86. The lowest BCUT2D eigenvalue weighted by atomic mass is 9.90. The molecule has 1 aliphatic rings. The molecule has 0 saturated carbocycles. The van der Waals surface area contributed by atoms with Gasteiger partial charge in [0.25, 0.3) is 0 Å². The van der Waals surface area contributed by atoms with Crippen LogP contribution in [0.25, 0.3) is 0 Å². The van der Waals surface area contributed by atoms with Crippen molar-refractivity contribution in [2.24, 2.45) is 0 Å². The fraction of sp³-hybridized carbons (Fsp3) is 0.846. The normalized spacial score (nSPS) is 19.5. The minimum Gasteiger partial charge on any atom is -0.480 e. The first-order valence-electron chi connectivity index (χ1n) is 6.94. The molecule has 1 heterocycles. The number of nitrogens with one attached hydrogen (secondary N) is 2. The Hall–Kier alpha value is -1.30. The Morgan fingerprint density at radius 3 is 2.42 bits per heavy atom. The Balaban J connectivity index is 2.59. The predicted molar refractivity (Wildman–Crippen MR) is 71.1 cm³/mol. The van der Waals surface area contributed by atoms with E-state index in [1.165, 1.54) is 0 Å². The molecule has 1 fully saturated rings. The Morgan fingerprint density at radius 2 is 1.95 bits per heavy atom. The van der Waals surface area contributed by atoms with E-state index < -0.39 is 17.5 Å². The van der Waals surface area contributed by atoms with Crippen molar-refractivity contribution in [2.45, 2.75) is 57.5 Å². The number of carbonyl (C=O) groups excluding carboxylic acids is 1. The second-order valence-electron chi connectivity index (χ2n) is 4.99.